The molecule has 0 aromatic carbocycles. The lowest BCUT2D eigenvalue weighted by molar-refractivity contribution is 0.0926. The minimum absolute atomic E-state index is 0.0276. The molecule has 2 rings (SSSR count). The summed E-state index contributed by atoms with van der Waals surface area (Å²) in [5.41, 5.74) is 0.291. The van der Waals surface area contributed by atoms with Gasteiger partial charge in [0, 0.05) is 13.1 Å². The van der Waals surface area contributed by atoms with Crippen LogP contribution in [0.1, 0.15) is 22.0 Å². The third-order valence-electron chi connectivity index (χ3n) is 2.68. The van der Waals surface area contributed by atoms with Gasteiger partial charge in [-0.3, -0.25) is 4.79 Å². The van der Waals surface area contributed by atoms with Crippen LogP contribution in [0.3, 0.4) is 0 Å². The summed E-state index contributed by atoms with van der Waals surface area (Å²) in [5.74, 6) is -0.0141. The van der Waals surface area contributed by atoms with Crippen molar-refractivity contribution in [3.8, 4) is 0 Å². The van der Waals surface area contributed by atoms with E-state index in [4.69, 9.17) is 8.94 Å². The lowest BCUT2D eigenvalue weighted by atomic mass is 10.4. The third kappa shape index (κ3) is 3.50. The molecule has 9 heteroatoms. The largest absolute Gasteiger partial charge is 0.459 e. The van der Waals surface area contributed by atoms with Gasteiger partial charge >= 0.3 is 0 Å². The molecular weight excluding hydrogens is 298 g/mol. The monoisotopic (exact) mass is 313 g/mol. The summed E-state index contributed by atoms with van der Waals surface area (Å²) in [6.07, 6.45) is 1.38. The smallest absolute Gasteiger partial charge is 0.287 e. The molecule has 114 valence electrons. The van der Waals surface area contributed by atoms with Crippen LogP contribution in [0.4, 0.5) is 0 Å². The Morgan fingerprint density at radius 2 is 2.10 bits per heavy atom. The first-order valence-electron chi connectivity index (χ1n) is 6.16. The number of hydrogen-bond acceptors (Lipinski definition) is 6. The summed E-state index contributed by atoms with van der Waals surface area (Å²) >= 11 is 0. The van der Waals surface area contributed by atoms with Gasteiger partial charge in [0.15, 0.2) is 11.5 Å². The standard InChI is InChI=1S/C12H15N3O5S/c1-8-11(9(2)20-15-8)21(17,18)14-6-5-13-12(16)10-4-3-7-19-10/h3-4,7,14H,5-6H2,1-2H3,(H,13,16). The summed E-state index contributed by atoms with van der Waals surface area (Å²) in [6, 6.07) is 3.11. The van der Waals surface area contributed by atoms with Gasteiger partial charge in [0.25, 0.3) is 5.91 Å². The Bertz CT molecular complexity index is 699. The zero-order valence-corrected chi connectivity index (χ0v) is 12.4. The highest BCUT2D eigenvalue weighted by molar-refractivity contribution is 7.89. The Kier molecular flexibility index (Phi) is 4.43. The van der Waals surface area contributed by atoms with E-state index in [-0.39, 0.29) is 29.5 Å². The zero-order valence-electron chi connectivity index (χ0n) is 11.5. The minimum Gasteiger partial charge on any atom is -0.459 e. The van der Waals surface area contributed by atoms with Gasteiger partial charge in [-0.2, -0.15) is 0 Å². The minimum atomic E-state index is -3.71. The number of aryl methyl sites for hydroxylation is 2. The van der Waals surface area contributed by atoms with E-state index in [9.17, 15) is 13.2 Å². The highest BCUT2D eigenvalue weighted by atomic mass is 32.2. The first kappa shape index (κ1) is 15.3. The van der Waals surface area contributed by atoms with Crippen molar-refractivity contribution < 1.29 is 22.2 Å². The van der Waals surface area contributed by atoms with Crippen LogP contribution >= 0.6 is 0 Å². The van der Waals surface area contributed by atoms with Gasteiger partial charge in [0.2, 0.25) is 10.0 Å². The van der Waals surface area contributed by atoms with E-state index in [0.29, 0.717) is 5.69 Å². The fourth-order valence-corrected chi connectivity index (χ4v) is 3.14. The van der Waals surface area contributed by atoms with E-state index in [1.54, 1.807) is 13.0 Å². The number of amides is 1. The van der Waals surface area contributed by atoms with Gasteiger partial charge in [-0.1, -0.05) is 5.16 Å². The number of nitrogens with one attached hydrogen (secondary N) is 2. The predicted octanol–water partition coefficient (Wildman–Crippen LogP) is 0.593. The third-order valence-corrected chi connectivity index (χ3v) is 4.39. The number of aromatic nitrogens is 1. The Morgan fingerprint density at radius 3 is 2.67 bits per heavy atom. The number of sulfonamides is 1. The number of hydrogen-bond donors (Lipinski definition) is 2. The van der Waals surface area contributed by atoms with Gasteiger partial charge < -0.3 is 14.3 Å². The normalized spacial score (nSPS) is 11.5. The molecule has 0 aliphatic carbocycles. The number of furan rings is 1. The van der Waals surface area contributed by atoms with Crippen LogP contribution in [0.15, 0.2) is 32.2 Å². The summed E-state index contributed by atoms with van der Waals surface area (Å²) in [5, 5.41) is 6.13. The molecule has 2 N–H and O–H groups in total. The lowest BCUT2D eigenvalue weighted by Crippen LogP contribution is -2.34. The number of nitrogens with zero attached hydrogens (tertiary/aromatic N) is 1. The molecule has 0 aliphatic heterocycles. The molecular formula is C12H15N3O5S. The van der Waals surface area contributed by atoms with Crippen molar-refractivity contribution in [2.45, 2.75) is 18.7 Å². The molecule has 2 aromatic heterocycles. The molecule has 8 nitrogen and oxygen atoms in total. The van der Waals surface area contributed by atoms with Crippen LogP contribution in [-0.4, -0.2) is 32.6 Å². The Balaban J connectivity index is 1.87. The number of carbonyl (C=O) groups is 1. The van der Waals surface area contributed by atoms with E-state index >= 15 is 0 Å². The topological polar surface area (TPSA) is 114 Å². The van der Waals surface area contributed by atoms with E-state index < -0.39 is 15.9 Å². The molecule has 0 aliphatic rings. The maximum atomic E-state index is 12.1. The maximum Gasteiger partial charge on any atom is 0.287 e. The summed E-state index contributed by atoms with van der Waals surface area (Å²) in [7, 11) is -3.71. The van der Waals surface area contributed by atoms with E-state index in [0.717, 1.165) is 0 Å². The summed E-state index contributed by atoms with van der Waals surface area (Å²) in [6.45, 7) is 3.23. The maximum absolute atomic E-state index is 12.1. The van der Waals surface area contributed by atoms with Gasteiger partial charge in [0.05, 0.1) is 6.26 Å². The van der Waals surface area contributed by atoms with Crippen LogP contribution in [0, 0.1) is 13.8 Å². The van der Waals surface area contributed by atoms with Crippen LogP contribution < -0.4 is 10.0 Å². The molecule has 0 radical (unpaired) electrons. The number of rotatable bonds is 6. The fourth-order valence-electron chi connectivity index (χ4n) is 1.79. The molecule has 1 amide bonds. The molecule has 0 saturated heterocycles. The fraction of sp³-hybridized carbons (Fsp3) is 0.333. The lowest BCUT2D eigenvalue weighted by Gasteiger charge is -2.06. The molecule has 21 heavy (non-hydrogen) atoms. The second kappa shape index (κ2) is 6.10. The summed E-state index contributed by atoms with van der Waals surface area (Å²) in [4.78, 5) is 11.6. The van der Waals surface area contributed by atoms with Crippen molar-refractivity contribution >= 4 is 15.9 Å². The van der Waals surface area contributed by atoms with Crippen molar-refractivity contribution in [2.24, 2.45) is 0 Å². The van der Waals surface area contributed by atoms with Gasteiger partial charge in [-0.15, -0.1) is 0 Å². The van der Waals surface area contributed by atoms with Crippen LogP contribution in [-0.2, 0) is 10.0 Å². The van der Waals surface area contributed by atoms with Gasteiger partial charge in [-0.05, 0) is 26.0 Å². The molecule has 0 saturated carbocycles. The predicted molar refractivity (Wildman–Crippen MR) is 72.2 cm³/mol. The van der Waals surface area contributed by atoms with Crippen LogP contribution in [0.25, 0.3) is 0 Å². The van der Waals surface area contributed by atoms with E-state index in [1.807, 2.05) is 0 Å². The SMILES string of the molecule is Cc1noc(C)c1S(=O)(=O)NCCNC(=O)c1ccco1. The molecule has 2 heterocycles. The van der Waals surface area contributed by atoms with Crippen LogP contribution in [0.2, 0.25) is 0 Å². The summed E-state index contributed by atoms with van der Waals surface area (Å²) < 4.78 is 36.2. The van der Waals surface area contributed by atoms with Gasteiger partial charge in [-0.25, -0.2) is 13.1 Å². The Labute approximate surface area is 121 Å². The second-order valence-electron chi connectivity index (χ2n) is 4.28. The molecule has 0 spiro atoms. The second-order valence-corrected chi connectivity index (χ2v) is 5.99. The van der Waals surface area contributed by atoms with Gasteiger partial charge in [0.1, 0.15) is 10.6 Å². The highest BCUT2D eigenvalue weighted by Crippen LogP contribution is 2.18. The zero-order chi connectivity index (χ0) is 15.5. The first-order chi connectivity index (χ1) is 9.92. The number of carbonyl (C=O) groups excluding carboxylic acids is 1. The molecule has 0 bridgehead atoms. The van der Waals surface area contributed by atoms with E-state index in [1.165, 1.54) is 19.3 Å². The van der Waals surface area contributed by atoms with Crippen LogP contribution in [0.5, 0.6) is 0 Å². The van der Waals surface area contributed by atoms with Crippen molar-refractivity contribution in [1.82, 2.24) is 15.2 Å². The Hall–Kier alpha value is -2.13. The van der Waals surface area contributed by atoms with Crippen molar-refractivity contribution in [3.05, 3.63) is 35.6 Å². The van der Waals surface area contributed by atoms with Crippen molar-refractivity contribution in [3.63, 3.8) is 0 Å². The van der Waals surface area contributed by atoms with Crippen molar-refractivity contribution in [2.75, 3.05) is 13.1 Å². The van der Waals surface area contributed by atoms with Crippen molar-refractivity contribution in [1.29, 1.82) is 0 Å². The average Bonchev–Trinajstić information content (AvgIpc) is 3.05. The van der Waals surface area contributed by atoms with E-state index in [2.05, 4.69) is 15.2 Å². The molecule has 0 fully saturated rings. The Morgan fingerprint density at radius 1 is 1.33 bits per heavy atom. The molecule has 0 atom stereocenters. The quantitative estimate of drug-likeness (QED) is 0.754. The molecule has 0 unspecified atom stereocenters. The molecule has 2 aromatic rings. The first-order valence-corrected chi connectivity index (χ1v) is 7.64. The highest BCUT2D eigenvalue weighted by Gasteiger charge is 2.23. The average molecular weight is 313 g/mol.